The van der Waals surface area contributed by atoms with Crippen LogP contribution in [0.15, 0.2) is 0 Å². The molecule has 0 unspecified atom stereocenters. The molecule has 0 nitrogen and oxygen atoms in total. The number of rotatable bonds is 1. The summed E-state index contributed by atoms with van der Waals surface area (Å²) in [5, 5.41) is 0. The van der Waals surface area contributed by atoms with E-state index in [1.54, 1.807) is 0 Å². The fourth-order valence-electron chi connectivity index (χ4n) is 0. The molecule has 0 heterocycles. The summed E-state index contributed by atoms with van der Waals surface area (Å²) in [5.74, 6) is 0. The van der Waals surface area contributed by atoms with Crippen molar-refractivity contribution in [1.29, 1.82) is 0 Å². The van der Waals surface area contributed by atoms with Crippen LogP contribution in [0, 0.1) is 0 Å². The van der Waals surface area contributed by atoms with Gasteiger partial charge in [-0.1, -0.05) is 6.92 Å². The van der Waals surface area contributed by atoms with E-state index in [0.29, 0.717) is 7.92 Å². The maximum absolute atomic E-state index is 2.29. The maximum Gasteiger partial charge on any atom is 0.0814 e. The zero-order chi connectivity index (χ0) is 4.28. The van der Waals surface area contributed by atoms with Gasteiger partial charge in [0, 0.05) is 0 Å². The van der Waals surface area contributed by atoms with Gasteiger partial charge in [-0.15, -0.1) is 7.92 Å². The van der Waals surface area contributed by atoms with E-state index in [9.17, 15) is 0 Å². The molecule has 0 aliphatic rings. The first-order valence-electron chi connectivity index (χ1n) is 1.92. The van der Waals surface area contributed by atoms with Crippen LogP contribution in [0.2, 0.25) is 0 Å². The second-order valence-electron chi connectivity index (χ2n) is 1.40. The van der Waals surface area contributed by atoms with Gasteiger partial charge < -0.3 is 0 Å². The predicted molar refractivity (Wildman–Crippen MR) is 367 cm³/mol. The van der Waals surface area contributed by atoms with Crippen molar-refractivity contribution in [3.8, 4) is 0 Å². The number of hydrogen-bond donors (Lipinski definition) is 0. The molecule has 236 valence electrons. The molecule has 0 amide bonds. The molecule has 39 heavy (non-hydrogen) atoms. The van der Waals surface area contributed by atoms with Gasteiger partial charge in [-0.2, -0.15) is 0 Å². The molecule has 35 heteroatoms. The van der Waals surface area contributed by atoms with E-state index in [0.717, 1.165) is 0 Å². The van der Waals surface area contributed by atoms with E-state index in [2.05, 4.69) is 20.3 Å². The minimum Gasteiger partial charge on any atom is -0.113 e. The van der Waals surface area contributed by atoms with Crippen LogP contribution in [0.4, 0.5) is 0 Å². The summed E-state index contributed by atoms with van der Waals surface area (Å²) in [6, 6.07) is 0. The zero-order valence-electron chi connectivity index (χ0n) is 4.15. The van der Waals surface area contributed by atoms with Crippen molar-refractivity contribution in [2.45, 2.75) is 6.92 Å². The quantitative estimate of drug-likeness (QED) is 0.221. The highest BCUT2D eigenvalue weighted by Crippen LogP contribution is 2.21. The summed E-state index contributed by atoms with van der Waals surface area (Å²) in [6.45, 7) is 6.80. The third kappa shape index (κ3) is 2820. The van der Waals surface area contributed by atoms with Gasteiger partial charge in [-0.05, 0) is 19.5 Å². The molecule has 0 aromatic rings. The molecule has 0 spiro atoms. The normalized spacial score (nSPS) is 1.23. The second kappa shape index (κ2) is 1450. The Morgan fingerprint density at radius 1 is 0.205 bits per heavy atom. The highest BCUT2D eigenvalue weighted by atomic mass is 31.1. The van der Waals surface area contributed by atoms with Crippen molar-refractivity contribution in [1.82, 2.24) is 0 Å². The van der Waals surface area contributed by atoms with E-state index < -0.39 is 0 Å². The third-order valence-electron chi connectivity index (χ3n) is 0.632. The molecule has 0 saturated carbocycles. The van der Waals surface area contributed by atoms with E-state index in [1.807, 2.05) is 0 Å². The van der Waals surface area contributed by atoms with Crippen molar-refractivity contribution in [3.05, 3.63) is 0 Å². The molecular weight excluding hydrogens is 447 g/mol. The Labute approximate surface area is 318 Å². The fraction of sp³-hybridized carbons (Fsp3) is 1.00. The largest absolute Gasteiger partial charge is 0.113 e. The summed E-state index contributed by atoms with van der Waals surface area (Å²) in [5.41, 5.74) is 0. The van der Waals surface area contributed by atoms with Gasteiger partial charge in [-0.3, -0.25) is 0 Å². The van der Waals surface area contributed by atoms with Crippen molar-refractivity contribution >= 4 is 294 Å². The van der Waals surface area contributed by atoms with Crippen LogP contribution >= 0.6 is 7.92 Å². The Hall–Kier alpha value is 2.64. The third-order valence-corrected chi connectivity index (χ3v) is 1.90. The van der Waals surface area contributed by atoms with Gasteiger partial charge in [0.15, 0.2) is 0 Å². The molecule has 0 fully saturated rings. The van der Waals surface area contributed by atoms with Gasteiger partial charge in [0.05, 0.1) is 286 Å². The molecule has 0 aliphatic carbocycles. The Morgan fingerprint density at radius 3 is 0.231 bits per heavy atom. The fourth-order valence-corrected chi connectivity index (χ4v) is 0. The van der Waals surface area contributed by atoms with Crippen LogP contribution in [0.1, 0.15) is 6.92 Å². The Bertz CT molecular complexity index is 39.2. The first-order chi connectivity index (χ1) is 2.27. The van der Waals surface area contributed by atoms with Crippen LogP contribution in [0.3, 0.4) is 0 Å². The molecule has 0 aromatic heterocycles. The van der Waals surface area contributed by atoms with Gasteiger partial charge >= 0.3 is 0 Å². The molecule has 0 N–H and O–H groups in total. The molecule has 0 saturated heterocycles. The summed E-state index contributed by atoms with van der Waals surface area (Å²) in [4.78, 5) is 0. The molecule has 0 atom stereocenters. The standard InChI is InChI=1S/C4H11P.34BH3/c1-4-5(2)3;;;;;;;;;;;;;;;;;;;;;;;;;;;;;;;;;;/h4H2,1-3H3;34*1H3. The van der Waals surface area contributed by atoms with E-state index in [-0.39, 0.29) is 286 Å². The minimum atomic E-state index is 0. The van der Waals surface area contributed by atoms with Crippen molar-refractivity contribution in [2.24, 2.45) is 0 Å². The number of hydrogen-bond acceptors (Lipinski definition) is 0. The molecular formula is C4H113B34P. The lowest BCUT2D eigenvalue weighted by Gasteiger charge is -1.92. The van der Waals surface area contributed by atoms with Crippen LogP contribution in [-0.4, -0.2) is 306 Å². The summed E-state index contributed by atoms with van der Waals surface area (Å²) in [6.07, 6.45) is 1.37. The lowest BCUT2D eigenvalue weighted by atomic mass is 10.8. The maximum atomic E-state index is 2.29. The van der Waals surface area contributed by atoms with E-state index in [1.165, 1.54) is 6.16 Å². The highest BCUT2D eigenvalue weighted by molar-refractivity contribution is 7.55. The second-order valence-corrected chi connectivity index (χ2v) is 4.19. The molecule has 0 radical (unpaired) electrons. The molecule has 0 aromatic carbocycles. The first kappa shape index (κ1) is 1560. The monoisotopic (exact) mass is 567 g/mol. The van der Waals surface area contributed by atoms with Crippen molar-refractivity contribution < 1.29 is 0 Å². The predicted octanol–water partition coefficient (Wildman–Crippen LogP) is -38.5. The summed E-state index contributed by atoms with van der Waals surface area (Å²) in [7, 11) is 0.402. The zero-order valence-corrected chi connectivity index (χ0v) is 5.05. The average Bonchev–Trinajstić information content (AvgIpc) is 1.38. The highest BCUT2D eigenvalue weighted by Gasteiger charge is 1.78. The van der Waals surface area contributed by atoms with Gasteiger partial charge in [0.2, 0.25) is 0 Å². The minimum absolute atomic E-state index is 0. The van der Waals surface area contributed by atoms with E-state index in [4.69, 9.17) is 0 Å². The molecule has 0 bridgehead atoms. The van der Waals surface area contributed by atoms with Gasteiger partial charge in [-0.25, -0.2) is 0 Å². The first-order valence-corrected chi connectivity index (χ1v) is 4.34. The van der Waals surface area contributed by atoms with Crippen molar-refractivity contribution in [2.75, 3.05) is 19.5 Å². The van der Waals surface area contributed by atoms with Crippen LogP contribution in [0.25, 0.3) is 0 Å². The Morgan fingerprint density at radius 2 is 0.231 bits per heavy atom. The molecule has 0 rings (SSSR count). The van der Waals surface area contributed by atoms with Crippen LogP contribution in [-0.2, 0) is 0 Å². The molecule has 0 aliphatic heterocycles. The lowest BCUT2D eigenvalue weighted by Crippen LogP contribution is -1.65. The Balaban J connectivity index is -0.000000000143. The SMILES string of the molecule is B.B.B.B.B.B.B.B.B.B.B.B.B.B.B.B.B.B.B.B.B.B.B.B.B.B.B.B.B.B.B.B.B.B.CCP(C)C. The van der Waals surface area contributed by atoms with Gasteiger partial charge in [0.1, 0.15) is 0 Å². The van der Waals surface area contributed by atoms with Crippen LogP contribution < -0.4 is 0 Å². The topological polar surface area (TPSA) is 0 Å². The smallest absolute Gasteiger partial charge is 0.0814 e. The van der Waals surface area contributed by atoms with Gasteiger partial charge in [0.25, 0.3) is 0 Å². The van der Waals surface area contributed by atoms with Crippen LogP contribution in [0.5, 0.6) is 0 Å². The summed E-state index contributed by atoms with van der Waals surface area (Å²) < 4.78 is 0. The average molecular weight is 561 g/mol. The van der Waals surface area contributed by atoms with Crippen molar-refractivity contribution in [3.63, 3.8) is 0 Å². The summed E-state index contributed by atoms with van der Waals surface area (Å²) >= 11 is 0. The lowest BCUT2D eigenvalue weighted by molar-refractivity contribution is 1.50. The Kier molecular flexibility index (Phi) is 58000. The van der Waals surface area contributed by atoms with E-state index >= 15 is 0 Å².